The van der Waals surface area contributed by atoms with E-state index in [4.69, 9.17) is 3.56 Å². The Morgan fingerprint density at radius 2 is 2.00 bits per heavy atom. The van der Waals surface area contributed by atoms with Gasteiger partial charge in [-0.3, -0.25) is 0 Å². The van der Waals surface area contributed by atoms with Crippen LogP contribution in [0.1, 0.15) is 20.8 Å². The Balaban J connectivity index is 0. The fourth-order valence-electron chi connectivity index (χ4n) is 0.413. The molecule has 0 rings (SSSR count). The van der Waals surface area contributed by atoms with Crippen molar-refractivity contribution in [3.63, 3.8) is 0 Å². The van der Waals surface area contributed by atoms with Crippen molar-refractivity contribution in [2.75, 3.05) is 0 Å². The summed E-state index contributed by atoms with van der Waals surface area (Å²) in [5.74, 6) is 0. The molecule has 0 amide bonds. The zero-order valence-corrected chi connectivity index (χ0v) is 11.4. The summed E-state index contributed by atoms with van der Waals surface area (Å²) in [6.45, 7) is 6.05. The summed E-state index contributed by atoms with van der Waals surface area (Å²) in [4.78, 5) is 9.86. The van der Waals surface area contributed by atoms with Gasteiger partial charge in [0.05, 0.1) is 0 Å². The topological polar surface area (TPSA) is 26.3 Å². The standard InChI is InChI=1S/C4H9O.C2H3O.BrH.Zn/c1-4(2,3)5;1-2-3;;/h1-3H3;2H,1H2;1H;/q-1;;;+1. The molecule has 0 aromatic heterocycles. The maximum atomic E-state index is 9.86. The summed E-state index contributed by atoms with van der Waals surface area (Å²) >= 11 is -0.944. The Morgan fingerprint density at radius 1 is 1.50 bits per heavy atom. The van der Waals surface area contributed by atoms with E-state index in [1.165, 1.54) is 0 Å². The van der Waals surface area contributed by atoms with Crippen LogP contribution in [0.2, 0.25) is 5.02 Å². The van der Waals surface area contributed by atoms with Crippen LogP contribution in [0, 0.1) is 0 Å². The summed E-state index contributed by atoms with van der Waals surface area (Å²) in [5.41, 5.74) is -0.0248. The first-order chi connectivity index (χ1) is 4.06. The second kappa shape index (κ2) is 6.44. The van der Waals surface area contributed by atoms with Crippen molar-refractivity contribution in [1.29, 1.82) is 0 Å². The van der Waals surface area contributed by atoms with Crippen LogP contribution in [-0.2, 0) is 25.8 Å². The Kier molecular flexibility index (Phi) is 8.59. The van der Waals surface area contributed by atoms with Crippen LogP contribution in [-0.4, -0.2) is 11.9 Å². The van der Waals surface area contributed by atoms with Crippen molar-refractivity contribution >= 4 is 23.3 Å². The van der Waals surface area contributed by atoms with E-state index in [1.807, 2.05) is 20.8 Å². The first-order valence-electron chi connectivity index (χ1n) is 3.14. The average Bonchev–Trinajstić information content (AvgIpc) is 1.63. The summed E-state index contributed by atoms with van der Waals surface area (Å²) in [6, 6.07) is 0. The SMILES string of the molecule is Br.CC(C)(C)[O][Zn][CH2]C=O. The number of halogens is 1. The number of aldehydes is 1. The molecule has 4 heteroatoms. The van der Waals surface area contributed by atoms with E-state index >= 15 is 0 Å². The first kappa shape index (κ1) is 13.3. The van der Waals surface area contributed by atoms with Gasteiger partial charge in [-0.05, 0) is 0 Å². The molecule has 0 radical (unpaired) electrons. The van der Waals surface area contributed by atoms with E-state index < -0.39 is 17.5 Å². The average molecular weight is 262 g/mol. The molecule has 0 bridgehead atoms. The van der Waals surface area contributed by atoms with Crippen molar-refractivity contribution in [2.45, 2.75) is 31.4 Å². The van der Waals surface area contributed by atoms with Crippen LogP contribution in [0.3, 0.4) is 0 Å². The van der Waals surface area contributed by atoms with E-state index in [-0.39, 0.29) is 22.6 Å². The van der Waals surface area contributed by atoms with Gasteiger partial charge in [-0.15, -0.1) is 17.0 Å². The molecule has 0 aliphatic rings. The van der Waals surface area contributed by atoms with Crippen molar-refractivity contribution < 1.29 is 25.8 Å². The van der Waals surface area contributed by atoms with Gasteiger partial charge in [0, 0.05) is 0 Å². The van der Waals surface area contributed by atoms with E-state index in [9.17, 15) is 4.79 Å². The minimum absolute atomic E-state index is 0. The third-order valence-corrected chi connectivity index (χ3v) is 4.01. The van der Waals surface area contributed by atoms with Gasteiger partial charge in [-0.25, -0.2) is 0 Å². The van der Waals surface area contributed by atoms with Crippen LogP contribution >= 0.6 is 17.0 Å². The number of hydrogen-bond donors (Lipinski definition) is 0. The molecule has 0 aliphatic heterocycles. The second-order valence-electron chi connectivity index (χ2n) is 2.92. The van der Waals surface area contributed by atoms with Gasteiger partial charge in [-0.2, -0.15) is 0 Å². The maximum absolute atomic E-state index is 9.86. The van der Waals surface area contributed by atoms with Crippen molar-refractivity contribution in [3.8, 4) is 0 Å². The molecule has 0 atom stereocenters. The number of carbonyl (C=O) groups excluding carboxylic acids is 1. The van der Waals surface area contributed by atoms with Crippen molar-refractivity contribution in [3.05, 3.63) is 0 Å². The van der Waals surface area contributed by atoms with E-state index in [0.29, 0.717) is 5.02 Å². The molecule has 0 N–H and O–H groups in total. The number of hydrogen-bond acceptors (Lipinski definition) is 2. The Labute approximate surface area is 80.5 Å². The van der Waals surface area contributed by atoms with Crippen LogP contribution in [0.4, 0.5) is 0 Å². The van der Waals surface area contributed by atoms with Crippen LogP contribution in [0.25, 0.3) is 0 Å². The van der Waals surface area contributed by atoms with Crippen LogP contribution in [0.15, 0.2) is 0 Å². The molecule has 58 valence electrons. The van der Waals surface area contributed by atoms with Crippen LogP contribution in [0.5, 0.6) is 0 Å². The Bertz CT molecular complexity index is 90.2. The Hall–Kier alpha value is 0.733. The monoisotopic (exact) mass is 260 g/mol. The predicted octanol–water partition coefficient (Wildman–Crippen LogP) is 1.99. The fraction of sp³-hybridized carbons (Fsp3) is 0.833. The van der Waals surface area contributed by atoms with Crippen molar-refractivity contribution in [1.82, 2.24) is 0 Å². The van der Waals surface area contributed by atoms with Crippen molar-refractivity contribution in [2.24, 2.45) is 0 Å². The zero-order valence-electron chi connectivity index (χ0n) is 6.72. The molecule has 0 spiro atoms. The molecule has 0 heterocycles. The third kappa shape index (κ3) is 11.5. The van der Waals surface area contributed by atoms with Gasteiger partial charge in [0.2, 0.25) is 0 Å². The first-order valence-corrected chi connectivity index (χ1v) is 6.45. The van der Waals surface area contributed by atoms with Gasteiger partial charge in [0.15, 0.2) is 0 Å². The molecular weight excluding hydrogens is 249 g/mol. The fourth-order valence-corrected chi connectivity index (χ4v) is 2.15. The molecule has 0 aromatic rings. The van der Waals surface area contributed by atoms with E-state index in [2.05, 4.69) is 0 Å². The van der Waals surface area contributed by atoms with Gasteiger partial charge < -0.3 is 0 Å². The zero-order chi connectivity index (χ0) is 7.33. The van der Waals surface area contributed by atoms with Gasteiger partial charge in [-0.1, -0.05) is 0 Å². The summed E-state index contributed by atoms with van der Waals surface area (Å²) < 4.78 is 5.43. The Morgan fingerprint density at radius 3 is 2.30 bits per heavy atom. The molecule has 2 nitrogen and oxygen atoms in total. The molecule has 0 aromatic carbocycles. The normalized spacial score (nSPS) is 9.50. The molecule has 10 heavy (non-hydrogen) atoms. The summed E-state index contributed by atoms with van der Waals surface area (Å²) in [6.07, 6.45) is 0.950. The molecule has 0 saturated carbocycles. The predicted molar refractivity (Wildman–Crippen MR) is 42.0 cm³/mol. The molecule has 0 aliphatic carbocycles. The molecule has 0 saturated heterocycles. The summed E-state index contributed by atoms with van der Waals surface area (Å²) in [7, 11) is 0. The number of carbonyl (C=O) groups is 1. The van der Waals surface area contributed by atoms with E-state index in [1.54, 1.807) is 0 Å². The van der Waals surface area contributed by atoms with Gasteiger partial charge >= 0.3 is 63.5 Å². The van der Waals surface area contributed by atoms with E-state index in [0.717, 1.165) is 6.29 Å². The minimum atomic E-state index is -0.944. The molecular formula is C6H13BrO2Zn. The molecule has 0 fully saturated rings. The van der Waals surface area contributed by atoms with Crippen LogP contribution < -0.4 is 0 Å². The third-order valence-electron chi connectivity index (χ3n) is 0.771. The quantitative estimate of drug-likeness (QED) is 0.442. The molecule has 0 unspecified atom stereocenters. The van der Waals surface area contributed by atoms with Gasteiger partial charge in [0.1, 0.15) is 0 Å². The number of rotatable bonds is 3. The second-order valence-corrected chi connectivity index (χ2v) is 5.59. The summed E-state index contributed by atoms with van der Waals surface area (Å²) in [5, 5.41) is 0.685. The van der Waals surface area contributed by atoms with Gasteiger partial charge in [0.25, 0.3) is 0 Å².